The van der Waals surface area contributed by atoms with Gasteiger partial charge in [0.15, 0.2) is 0 Å². The van der Waals surface area contributed by atoms with Crippen LogP contribution in [0, 0.1) is 0 Å². The zero-order chi connectivity index (χ0) is 18.9. The highest BCUT2D eigenvalue weighted by molar-refractivity contribution is 5.66. The SMILES string of the molecule is CCCCC[C@H](O)C=C/C=C/C=C/C=C/[C@@H](O)[C@@H](O)CCCC(=O)O. The fraction of sp³-hybridized carbons (Fsp3) is 0.550. The number of unbranched alkanes of at least 4 members (excludes halogenated alkanes) is 2. The first-order valence-corrected chi connectivity index (χ1v) is 8.91. The van der Waals surface area contributed by atoms with E-state index < -0.39 is 24.3 Å². The summed E-state index contributed by atoms with van der Waals surface area (Å²) in [6.07, 6.45) is 16.0. The van der Waals surface area contributed by atoms with Crippen LogP contribution in [0.5, 0.6) is 0 Å². The van der Waals surface area contributed by atoms with Gasteiger partial charge in [0.05, 0.1) is 18.3 Å². The van der Waals surface area contributed by atoms with Gasteiger partial charge in [-0.1, -0.05) is 74.8 Å². The van der Waals surface area contributed by atoms with Crippen molar-refractivity contribution in [3.05, 3.63) is 48.6 Å². The average Bonchev–Trinajstić information content (AvgIpc) is 2.56. The van der Waals surface area contributed by atoms with Crippen molar-refractivity contribution in [3.63, 3.8) is 0 Å². The lowest BCUT2D eigenvalue weighted by Gasteiger charge is -2.13. The Bertz CT molecular complexity index is 451. The molecule has 0 aromatic carbocycles. The maximum atomic E-state index is 10.4. The van der Waals surface area contributed by atoms with Crippen LogP contribution < -0.4 is 0 Å². The lowest BCUT2D eigenvalue weighted by Crippen LogP contribution is -2.23. The highest BCUT2D eigenvalue weighted by Gasteiger charge is 2.12. The standard InChI is InChI=1S/C20H32O5/c1-2-3-8-12-17(21)13-9-6-4-5-7-10-14-18(22)19(23)15-11-16-20(24)25/h4-7,9-10,13-14,17-19,21-23H,2-3,8,11-12,15-16H2,1H3,(H,24,25)/b6-4+,7-5+,13-9?,14-10+/t17-,18+,19-/m0/s1. The van der Waals surface area contributed by atoms with Crippen LogP contribution in [0.15, 0.2) is 48.6 Å². The first kappa shape index (κ1) is 23.3. The average molecular weight is 352 g/mol. The third-order valence-corrected chi connectivity index (χ3v) is 3.59. The molecule has 0 saturated heterocycles. The molecule has 0 heterocycles. The van der Waals surface area contributed by atoms with E-state index in [2.05, 4.69) is 6.92 Å². The third kappa shape index (κ3) is 15.6. The molecule has 0 rings (SSSR count). The van der Waals surface area contributed by atoms with Crippen molar-refractivity contribution >= 4 is 5.97 Å². The molecule has 0 spiro atoms. The quantitative estimate of drug-likeness (QED) is 0.284. The van der Waals surface area contributed by atoms with Gasteiger partial charge in [0.25, 0.3) is 0 Å². The van der Waals surface area contributed by atoms with Crippen molar-refractivity contribution in [2.75, 3.05) is 0 Å². The van der Waals surface area contributed by atoms with Gasteiger partial charge in [-0.3, -0.25) is 4.79 Å². The number of carboxylic acids is 1. The van der Waals surface area contributed by atoms with Crippen LogP contribution in [0.2, 0.25) is 0 Å². The van der Waals surface area contributed by atoms with Crippen LogP contribution >= 0.6 is 0 Å². The van der Waals surface area contributed by atoms with E-state index in [0.29, 0.717) is 6.42 Å². The number of hydrogen-bond donors (Lipinski definition) is 4. The molecule has 142 valence electrons. The molecule has 5 heteroatoms. The van der Waals surface area contributed by atoms with Gasteiger partial charge in [-0.2, -0.15) is 0 Å². The number of carboxylic acid groups (broad SMARTS) is 1. The number of rotatable bonds is 14. The zero-order valence-corrected chi connectivity index (χ0v) is 15.0. The summed E-state index contributed by atoms with van der Waals surface area (Å²) in [6, 6.07) is 0. The monoisotopic (exact) mass is 352 g/mol. The molecule has 0 fully saturated rings. The summed E-state index contributed by atoms with van der Waals surface area (Å²) in [7, 11) is 0. The maximum absolute atomic E-state index is 10.4. The second kappa shape index (κ2) is 15.8. The van der Waals surface area contributed by atoms with E-state index >= 15 is 0 Å². The molecule has 5 nitrogen and oxygen atoms in total. The topological polar surface area (TPSA) is 98.0 Å². The minimum atomic E-state index is -1.01. The molecule has 0 aromatic heterocycles. The van der Waals surface area contributed by atoms with Crippen LogP contribution in [0.3, 0.4) is 0 Å². The van der Waals surface area contributed by atoms with Crippen LogP contribution in [0.4, 0.5) is 0 Å². The molecule has 3 atom stereocenters. The minimum Gasteiger partial charge on any atom is -0.481 e. The van der Waals surface area contributed by atoms with Crippen molar-refractivity contribution in [2.24, 2.45) is 0 Å². The van der Waals surface area contributed by atoms with Crippen molar-refractivity contribution in [1.82, 2.24) is 0 Å². The summed E-state index contributed by atoms with van der Waals surface area (Å²) < 4.78 is 0. The molecular formula is C20H32O5. The number of aliphatic hydroxyl groups is 3. The van der Waals surface area contributed by atoms with Gasteiger partial charge in [-0.25, -0.2) is 0 Å². The highest BCUT2D eigenvalue weighted by Crippen LogP contribution is 2.06. The Kier molecular flexibility index (Phi) is 14.7. The highest BCUT2D eigenvalue weighted by atomic mass is 16.4. The van der Waals surface area contributed by atoms with Crippen molar-refractivity contribution in [2.45, 2.75) is 70.2 Å². The van der Waals surface area contributed by atoms with Crippen molar-refractivity contribution < 1.29 is 25.2 Å². The molecule has 0 radical (unpaired) electrons. The van der Waals surface area contributed by atoms with Gasteiger partial charge >= 0.3 is 5.97 Å². The molecule has 0 saturated carbocycles. The summed E-state index contributed by atoms with van der Waals surface area (Å²) in [4.78, 5) is 10.4. The Hall–Kier alpha value is -1.69. The predicted octanol–water partition coefficient (Wildman–Crippen LogP) is 3.13. The van der Waals surface area contributed by atoms with E-state index in [1.807, 2.05) is 6.08 Å². The van der Waals surface area contributed by atoms with Gasteiger partial charge in [-0.05, 0) is 19.3 Å². The number of aliphatic hydroxyl groups excluding tert-OH is 3. The number of allylic oxidation sites excluding steroid dienone is 6. The molecular weight excluding hydrogens is 320 g/mol. The summed E-state index contributed by atoms with van der Waals surface area (Å²) >= 11 is 0. The molecule has 0 aliphatic heterocycles. The van der Waals surface area contributed by atoms with E-state index in [-0.39, 0.29) is 12.8 Å². The van der Waals surface area contributed by atoms with E-state index in [1.54, 1.807) is 36.5 Å². The molecule has 0 amide bonds. The smallest absolute Gasteiger partial charge is 0.303 e. The molecule has 0 bridgehead atoms. The zero-order valence-electron chi connectivity index (χ0n) is 15.0. The Balaban J connectivity index is 3.97. The Morgan fingerprint density at radius 2 is 1.44 bits per heavy atom. The first-order chi connectivity index (χ1) is 12.0. The Morgan fingerprint density at radius 1 is 0.840 bits per heavy atom. The normalized spacial score (nSPS) is 16.3. The van der Waals surface area contributed by atoms with Gasteiger partial charge in [0.2, 0.25) is 0 Å². The summed E-state index contributed by atoms with van der Waals surface area (Å²) in [5.74, 6) is -0.908. The van der Waals surface area contributed by atoms with E-state index in [9.17, 15) is 20.1 Å². The second-order valence-electron chi connectivity index (χ2n) is 5.95. The second-order valence-corrected chi connectivity index (χ2v) is 5.95. The Labute approximate surface area is 150 Å². The van der Waals surface area contributed by atoms with E-state index in [0.717, 1.165) is 25.7 Å². The lowest BCUT2D eigenvalue weighted by atomic mass is 10.1. The molecule has 4 N–H and O–H groups in total. The first-order valence-electron chi connectivity index (χ1n) is 8.91. The Morgan fingerprint density at radius 3 is 2.04 bits per heavy atom. The van der Waals surface area contributed by atoms with Gasteiger partial charge < -0.3 is 20.4 Å². The van der Waals surface area contributed by atoms with Gasteiger partial charge in [0.1, 0.15) is 0 Å². The van der Waals surface area contributed by atoms with Crippen LogP contribution in [-0.4, -0.2) is 44.7 Å². The van der Waals surface area contributed by atoms with Gasteiger partial charge in [0, 0.05) is 6.42 Å². The molecule has 0 aliphatic rings. The summed E-state index contributed by atoms with van der Waals surface area (Å²) in [5, 5.41) is 37.6. The van der Waals surface area contributed by atoms with Crippen LogP contribution in [-0.2, 0) is 4.79 Å². The fourth-order valence-corrected chi connectivity index (χ4v) is 2.09. The molecule has 25 heavy (non-hydrogen) atoms. The van der Waals surface area contributed by atoms with E-state index in [1.165, 1.54) is 6.08 Å². The minimum absolute atomic E-state index is 0.0149. The number of hydrogen-bond acceptors (Lipinski definition) is 4. The number of carbonyl (C=O) groups is 1. The van der Waals surface area contributed by atoms with Crippen molar-refractivity contribution in [1.29, 1.82) is 0 Å². The predicted molar refractivity (Wildman–Crippen MR) is 100 cm³/mol. The summed E-state index contributed by atoms with van der Waals surface area (Å²) in [6.45, 7) is 2.13. The lowest BCUT2D eigenvalue weighted by molar-refractivity contribution is -0.137. The third-order valence-electron chi connectivity index (χ3n) is 3.59. The maximum Gasteiger partial charge on any atom is 0.303 e. The van der Waals surface area contributed by atoms with E-state index in [4.69, 9.17) is 5.11 Å². The summed E-state index contributed by atoms with van der Waals surface area (Å²) in [5.41, 5.74) is 0. The van der Waals surface area contributed by atoms with Crippen LogP contribution in [0.1, 0.15) is 51.9 Å². The molecule has 0 aliphatic carbocycles. The van der Waals surface area contributed by atoms with Gasteiger partial charge in [-0.15, -0.1) is 0 Å². The fourth-order valence-electron chi connectivity index (χ4n) is 2.09. The van der Waals surface area contributed by atoms with Crippen LogP contribution in [0.25, 0.3) is 0 Å². The molecule has 0 unspecified atom stereocenters. The number of aliphatic carboxylic acids is 1. The van der Waals surface area contributed by atoms with Crippen molar-refractivity contribution in [3.8, 4) is 0 Å². The largest absolute Gasteiger partial charge is 0.481 e. The molecule has 0 aromatic rings.